The summed E-state index contributed by atoms with van der Waals surface area (Å²) < 4.78 is 5.42. The van der Waals surface area contributed by atoms with Crippen LogP contribution >= 0.6 is 12.4 Å². The van der Waals surface area contributed by atoms with E-state index in [1.165, 1.54) is 0 Å². The maximum absolute atomic E-state index is 12.5. The molecule has 0 radical (unpaired) electrons. The second-order valence-electron chi connectivity index (χ2n) is 5.58. The minimum Gasteiger partial charge on any atom is -0.496 e. The molecule has 0 aromatic heterocycles. The Bertz CT molecular complexity index is 554. The van der Waals surface area contributed by atoms with Crippen molar-refractivity contribution in [2.75, 3.05) is 33.3 Å². The molecule has 24 heavy (non-hydrogen) atoms. The van der Waals surface area contributed by atoms with E-state index >= 15 is 0 Å². The van der Waals surface area contributed by atoms with Gasteiger partial charge in [-0.25, -0.2) is 0 Å². The van der Waals surface area contributed by atoms with Gasteiger partial charge >= 0.3 is 0 Å². The highest BCUT2D eigenvalue weighted by Crippen LogP contribution is 2.30. The number of ether oxygens (including phenoxy) is 1. The van der Waals surface area contributed by atoms with Crippen LogP contribution in [-0.2, 0) is 9.59 Å². The maximum atomic E-state index is 12.5. The van der Waals surface area contributed by atoms with Crippen LogP contribution in [0.3, 0.4) is 0 Å². The Labute approximate surface area is 149 Å². The SMILES string of the molecule is CCCC(=O)NCC(=O)N1CCNCC1c1ccccc1OC.Cl. The first kappa shape index (κ1) is 20.3. The van der Waals surface area contributed by atoms with Gasteiger partial charge in [-0.05, 0) is 12.5 Å². The van der Waals surface area contributed by atoms with E-state index in [1.54, 1.807) is 7.11 Å². The Morgan fingerprint density at radius 3 is 2.83 bits per heavy atom. The molecule has 0 bridgehead atoms. The number of methoxy groups -OCH3 is 1. The smallest absolute Gasteiger partial charge is 0.242 e. The van der Waals surface area contributed by atoms with Gasteiger partial charge in [0.25, 0.3) is 0 Å². The minimum atomic E-state index is -0.0875. The predicted molar refractivity (Wildman–Crippen MR) is 95.5 cm³/mol. The molecule has 2 rings (SSSR count). The number of para-hydroxylation sites is 1. The van der Waals surface area contributed by atoms with Crippen molar-refractivity contribution >= 4 is 24.2 Å². The van der Waals surface area contributed by atoms with Gasteiger partial charge in [0.1, 0.15) is 5.75 Å². The summed E-state index contributed by atoms with van der Waals surface area (Å²) in [4.78, 5) is 25.9. The Hall–Kier alpha value is -1.79. The monoisotopic (exact) mass is 355 g/mol. The fourth-order valence-electron chi connectivity index (χ4n) is 2.81. The predicted octanol–water partition coefficient (Wildman–Crippen LogP) is 1.51. The molecule has 1 aliphatic rings. The standard InChI is InChI=1S/C17H25N3O3.ClH/c1-3-6-16(21)19-12-17(22)20-10-9-18-11-14(20)13-7-4-5-8-15(13)23-2;/h4-5,7-8,14,18H,3,6,9-12H2,1-2H3,(H,19,21);1H. The Balaban J connectivity index is 0.00000288. The number of halogens is 1. The van der Waals surface area contributed by atoms with Crippen molar-refractivity contribution in [1.82, 2.24) is 15.5 Å². The highest BCUT2D eigenvalue weighted by atomic mass is 35.5. The van der Waals surface area contributed by atoms with Crippen molar-refractivity contribution in [2.24, 2.45) is 0 Å². The number of amides is 2. The summed E-state index contributed by atoms with van der Waals surface area (Å²) in [5.74, 6) is 0.630. The molecule has 7 heteroatoms. The molecular formula is C17H26ClN3O3. The quantitative estimate of drug-likeness (QED) is 0.811. The van der Waals surface area contributed by atoms with Crippen LogP contribution in [0.2, 0.25) is 0 Å². The molecule has 2 amide bonds. The van der Waals surface area contributed by atoms with E-state index in [0.717, 1.165) is 24.3 Å². The zero-order valence-corrected chi connectivity index (χ0v) is 15.0. The van der Waals surface area contributed by atoms with E-state index in [-0.39, 0.29) is 36.8 Å². The number of benzene rings is 1. The van der Waals surface area contributed by atoms with Crippen LogP contribution in [0, 0.1) is 0 Å². The van der Waals surface area contributed by atoms with E-state index < -0.39 is 0 Å². The number of hydrogen-bond donors (Lipinski definition) is 2. The zero-order valence-electron chi connectivity index (χ0n) is 14.2. The van der Waals surface area contributed by atoms with Crippen molar-refractivity contribution in [1.29, 1.82) is 0 Å². The van der Waals surface area contributed by atoms with Crippen LogP contribution in [0.25, 0.3) is 0 Å². The van der Waals surface area contributed by atoms with Crippen molar-refractivity contribution in [3.8, 4) is 5.75 Å². The van der Waals surface area contributed by atoms with Crippen LogP contribution in [0.1, 0.15) is 31.4 Å². The minimum absolute atomic E-state index is 0. The molecule has 1 aliphatic heterocycles. The second-order valence-corrected chi connectivity index (χ2v) is 5.58. The molecule has 2 N–H and O–H groups in total. The van der Waals surface area contributed by atoms with Crippen LogP contribution < -0.4 is 15.4 Å². The summed E-state index contributed by atoms with van der Waals surface area (Å²) >= 11 is 0. The van der Waals surface area contributed by atoms with Gasteiger partial charge in [-0.3, -0.25) is 9.59 Å². The molecule has 6 nitrogen and oxygen atoms in total. The summed E-state index contributed by atoms with van der Waals surface area (Å²) in [6.45, 7) is 4.03. The molecule has 0 aliphatic carbocycles. The fraction of sp³-hybridized carbons (Fsp3) is 0.529. The maximum Gasteiger partial charge on any atom is 0.242 e. The first-order valence-corrected chi connectivity index (χ1v) is 8.07. The number of hydrogen-bond acceptors (Lipinski definition) is 4. The lowest BCUT2D eigenvalue weighted by Gasteiger charge is -2.37. The summed E-state index contributed by atoms with van der Waals surface area (Å²) in [6, 6.07) is 7.64. The van der Waals surface area contributed by atoms with Crippen LogP contribution in [0.15, 0.2) is 24.3 Å². The second kappa shape index (κ2) is 10.2. The van der Waals surface area contributed by atoms with Gasteiger partial charge in [0, 0.05) is 31.6 Å². The highest BCUT2D eigenvalue weighted by molar-refractivity contribution is 5.85. The van der Waals surface area contributed by atoms with Crippen molar-refractivity contribution in [2.45, 2.75) is 25.8 Å². The third-order valence-electron chi connectivity index (χ3n) is 3.98. The topological polar surface area (TPSA) is 70.7 Å². The van der Waals surface area contributed by atoms with Gasteiger partial charge in [-0.15, -0.1) is 12.4 Å². The van der Waals surface area contributed by atoms with E-state index in [0.29, 0.717) is 19.5 Å². The normalized spacial score (nSPS) is 16.9. The largest absolute Gasteiger partial charge is 0.496 e. The molecule has 0 saturated carbocycles. The van der Waals surface area contributed by atoms with Crippen molar-refractivity contribution < 1.29 is 14.3 Å². The first-order valence-electron chi connectivity index (χ1n) is 8.07. The Morgan fingerprint density at radius 2 is 2.12 bits per heavy atom. The average Bonchev–Trinajstić information content (AvgIpc) is 2.60. The number of carbonyl (C=O) groups is 2. The van der Waals surface area contributed by atoms with Crippen LogP contribution in [0.5, 0.6) is 5.75 Å². The van der Waals surface area contributed by atoms with Gasteiger partial charge in [0.05, 0.1) is 19.7 Å². The number of carbonyl (C=O) groups excluding carboxylic acids is 2. The summed E-state index contributed by atoms with van der Waals surface area (Å²) in [5, 5.41) is 6.02. The molecule has 1 aromatic rings. The molecule has 1 aromatic carbocycles. The van der Waals surface area contributed by atoms with Gasteiger partial charge in [-0.2, -0.15) is 0 Å². The molecule has 1 saturated heterocycles. The van der Waals surface area contributed by atoms with Crippen molar-refractivity contribution in [3.05, 3.63) is 29.8 Å². The van der Waals surface area contributed by atoms with E-state index in [4.69, 9.17) is 4.74 Å². The first-order chi connectivity index (χ1) is 11.2. The Morgan fingerprint density at radius 1 is 1.38 bits per heavy atom. The van der Waals surface area contributed by atoms with Gasteiger partial charge in [0.2, 0.25) is 11.8 Å². The molecule has 1 fully saturated rings. The molecule has 1 unspecified atom stereocenters. The number of piperazine rings is 1. The molecule has 1 heterocycles. The molecular weight excluding hydrogens is 330 g/mol. The lowest BCUT2D eigenvalue weighted by molar-refractivity contribution is -0.135. The summed E-state index contributed by atoms with van der Waals surface area (Å²) in [7, 11) is 1.63. The fourth-order valence-corrected chi connectivity index (χ4v) is 2.81. The average molecular weight is 356 g/mol. The van der Waals surface area contributed by atoms with Crippen LogP contribution in [-0.4, -0.2) is 50.0 Å². The molecule has 134 valence electrons. The lowest BCUT2D eigenvalue weighted by Crippen LogP contribution is -2.51. The highest BCUT2D eigenvalue weighted by Gasteiger charge is 2.29. The zero-order chi connectivity index (χ0) is 16.7. The third-order valence-corrected chi connectivity index (χ3v) is 3.98. The summed E-state index contributed by atoms with van der Waals surface area (Å²) in [6.07, 6.45) is 1.22. The van der Waals surface area contributed by atoms with Gasteiger partial charge in [0.15, 0.2) is 0 Å². The lowest BCUT2D eigenvalue weighted by atomic mass is 10.0. The number of nitrogens with one attached hydrogen (secondary N) is 2. The third kappa shape index (κ3) is 5.11. The molecule has 1 atom stereocenters. The van der Waals surface area contributed by atoms with Crippen LogP contribution in [0.4, 0.5) is 0 Å². The van der Waals surface area contributed by atoms with E-state index in [9.17, 15) is 9.59 Å². The number of rotatable bonds is 6. The Kier molecular flexibility index (Phi) is 8.57. The van der Waals surface area contributed by atoms with Gasteiger partial charge in [-0.1, -0.05) is 25.1 Å². The number of nitrogens with zero attached hydrogens (tertiary/aromatic N) is 1. The van der Waals surface area contributed by atoms with E-state index in [2.05, 4.69) is 10.6 Å². The summed E-state index contributed by atoms with van der Waals surface area (Å²) in [5.41, 5.74) is 0.982. The van der Waals surface area contributed by atoms with Gasteiger partial charge < -0.3 is 20.3 Å². The van der Waals surface area contributed by atoms with Crippen molar-refractivity contribution in [3.63, 3.8) is 0 Å². The van der Waals surface area contributed by atoms with E-state index in [1.807, 2.05) is 36.1 Å². The molecule has 0 spiro atoms.